The van der Waals surface area contributed by atoms with Gasteiger partial charge < -0.3 is 9.47 Å². The van der Waals surface area contributed by atoms with E-state index in [9.17, 15) is 0 Å². The number of para-hydroxylation sites is 2. The molecule has 4 rings (SSSR count). The van der Waals surface area contributed by atoms with Crippen molar-refractivity contribution in [2.45, 2.75) is 6.10 Å². The Kier molecular flexibility index (Phi) is 3.28. The highest BCUT2D eigenvalue weighted by atomic mass is 16.5. The molecule has 0 amide bonds. The van der Waals surface area contributed by atoms with Crippen LogP contribution in [0.15, 0.2) is 78.9 Å². The van der Waals surface area contributed by atoms with Gasteiger partial charge in [0.1, 0.15) is 18.1 Å². The van der Waals surface area contributed by atoms with Crippen LogP contribution < -0.4 is 9.47 Å². The van der Waals surface area contributed by atoms with Crippen molar-refractivity contribution in [2.24, 2.45) is 0 Å². The van der Waals surface area contributed by atoms with Crippen molar-refractivity contribution in [1.29, 1.82) is 0 Å². The Balaban J connectivity index is 1.81. The summed E-state index contributed by atoms with van der Waals surface area (Å²) in [5, 5.41) is 0. The number of hydrogen-bond donors (Lipinski definition) is 0. The first-order chi connectivity index (χ1) is 10.9. The summed E-state index contributed by atoms with van der Waals surface area (Å²) in [4.78, 5) is 0. The Labute approximate surface area is 129 Å². The van der Waals surface area contributed by atoms with E-state index < -0.39 is 0 Å². The van der Waals surface area contributed by atoms with E-state index in [1.165, 1.54) is 0 Å². The van der Waals surface area contributed by atoms with Gasteiger partial charge in [0.25, 0.3) is 0 Å². The molecule has 108 valence electrons. The molecule has 2 heteroatoms. The molecule has 1 heterocycles. The first-order valence-electron chi connectivity index (χ1n) is 7.44. The summed E-state index contributed by atoms with van der Waals surface area (Å²) in [5.41, 5.74) is 3.26. The summed E-state index contributed by atoms with van der Waals surface area (Å²) in [6.07, 6.45) is -0.115. The highest BCUT2D eigenvalue weighted by Gasteiger charge is 2.21. The molecule has 1 aliphatic heterocycles. The van der Waals surface area contributed by atoms with Crippen LogP contribution in [0.5, 0.6) is 11.5 Å². The molecule has 1 aliphatic rings. The highest BCUT2D eigenvalue weighted by molar-refractivity contribution is 5.76. The Morgan fingerprint density at radius 1 is 0.636 bits per heavy atom. The fraction of sp³-hybridized carbons (Fsp3) is 0.100. The van der Waals surface area contributed by atoms with Crippen LogP contribution in [0.1, 0.15) is 11.7 Å². The molecule has 0 aliphatic carbocycles. The summed E-state index contributed by atoms with van der Waals surface area (Å²) in [6, 6.07) is 26.4. The van der Waals surface area contributed by atoms with Gasteiger partial charge in [-0.1, -0.05) is 66.7 Å². The zero-order valence-electron chi connectivity index (χ0n) is 12.1. The maximum Gasteiger partial charge on any atom is 0.158 e. The second kappa shape index (κ2) is 5.57. The lowest BCUT2D eigenvalue weighted by atomic mass is 10.0. The van der Waals surface area contributed by atoms with Crippen molar-refractivity contribution >= 4 is 0 Å². The van der Waals surface area contributed by atoms with E-state index in [2.05, 4.69) is 24.3 Å². The molecule has 0 saturated heterocycles. The lowest BCUT2D eigenvalue weighted by Gasteiger charge is -2.25. The van der Waals surface area contributed by atoms with Gasteiger partial charge >= 0.3 is 0 Å². The second-order valence-electron chi connectivity index (χ2n) is 5.32. The van der Waals surface area contributed by atoms with E-state index in [0.29, 0.717) is 6.61 Å². The molecule has 1 atom stereocenters. The van der Waals surface area contributed by atoms with Crippen LogP contribution in [0.4, 0.5) is 0 Å². The Morgan fingerprint density at radius 2 is 1.23 bits per heavy atom. The molecule has 0 radical (unpaired) electrons. The standard InChI is InChI=1S/C20H16O2/c1-2-8-15(9-3-1)20-14-21-18-12-6-4-10-16(18)17-11-5-7-13-19(17)22-20/h1-13,20H,14H2/t20-/m1/s1. The highest BCUT2D eigenvalue weighted by Crippen LogP contribution is 2.40. The van der Waals surface area contributed by atoms with E-state index in [0.717, 1.165) is 28.2 Å². The maximum absolute atomic E-state index is 6.25. The average Bonchev–Trinajstić information content (AvgIpc) is 2.58. The number of rotatable bonds is 1. The molecule has 22 heavy (non-hydrogen) atoms. The summed E-state index contributed by atoms with van der Waals surface area (Å²) >= 11 is 0. The zero-order valence-corrected chi connectivity index (χ0v) is 12.1. The minimum atomic E-state index is -0.115. The van der Waals surface area contributed by atoms with Crippen molar-refractivity contribution in [3.8, 4) is 22.6 Å². The summed E-state index contributed by atoms with van der Waals surface area (Å²) < 4.78 is 12.3. The van der Waals surface area contributed by atoms with Crippen LogP contribution in [0.2, 0.25) is 0 Å². The topological polar surface area (TPSA) is 18.5 Å². The molecule has 3 aromatic carbocycles. The first kappa shape index (κ1) is 13.0. The van der Waals surface area contributed by atoms with Crippen molar-refractivity contribution in [2.75, 3.05) is 6.61 Å². The fourth-order valence-corrected chi connectivity index (χ4v) is 2.79. The van der Waals surface area contributed by atoms with Gasteiger partial charge in [0.15, 0.2) is 6.10 Å². The van der Waals surface area contributed by atoms with Gasteiger partial charge in [-0.05, 0) is 17.7 Å². The van der Waals surface area contributed by atoms with E-state index in [-0.39, 0.29) is 6.10 Å². The van der Waals surface area contributed by atoms with Crippen LogP contribution in [-0.4, -0.2) is 6.61 Å². The van der Waals surface area contributed by atoms with Gasteiger partial charge in [-0.2, -0.15) is 0 Å². The van der Waals surface area contributed by atoms with Crippen LogP contribution in [0.3, 0.4) is 0 Å². The third kappa shape index (κ3) is 2.33. The van der Waals surface area contributed by atoms with Gasteiger partial charge in [0, 0.05) is 11.1 Å². The maximum atomic E-state index is 6.25. The molecule has 0 bridgehead atoms. The molecule has 0 saturated carbocycles. The minimum Gasteiger partial charge on any atom is -0.489 e. The van der Waals surface area contributed by atoms with Crippen molar-refractivity contribution < 1.29 is 9.47 Å². The van der Waals surface area contributed by atoms with Gasteiger partial charge in [-0.25, -0.2) is 0 Å². The van der Waals surface area contributed by atoms with E-state index >= 15 is 0 Å². The van der Waals surface area contributed by atoms with Crippen molar-refractivity contribution in [3.63, 3.8) is 0 Å². The van der Waals surface area contributed by atoms with Gasteiger partial charge in [0.2, 0.25) is 0 Å². The van der Waals surface area contributed by atoms with Crippen LogP contribution in [-0.2, 0) is 0 Å². The number of fused-ring (bicyclic) bond motifs is 3. The van der Waals surface area contributed by atoms with E-state index in [1.54, 1.807) is 0 Å². The quantitative estimate of drug-likeness (QED) is 0.636. The smallest absolute Gasteiger partial charge is 0.158 e. The lowest BCUT2D eigenvalue weighted by Crippen LogP contribution is -2.18. The predicted molar refractivity (Wildman–Crippen MR) is 87.2 cm³/mol. The first-order valence-corrected chi connectivity index (χ1v) is 7.44. The minimum absolute atomic E-state index is 0.115. The predicted octanol–water partition coefficient (Wildman–Crippen LogP) is 4.87. The van der Waals surface area contributed by atoms with Gasteiger partial charge in [0.05, 0.1) is 0 Å². The van der Waals surface area contributed by atoms with E-state index in [4.69, 9.17) is 9.47 Å². The third-order valence-corrected chi connectivity index (χ3v) is 3.90. The Bertz CT molecular complexity index is 780. The van der Waals surface area contributed by atoms with Crippen LogP contribution in [0.25, 0.3) is 11.1 Å². The fourth-order valence-electron chi connectivity index (χ4n) is 2.79. The van der Waals surface area contributed by atoms with E-state index in [1.807, 2.05) is 54.6 Å². The molecular weight excluding hydrogens is 272 g/mol. The Morgan fingerprint density at radius 3 is 2.00 bits per heavy atom. The number of benzene rings is 3. The molecule has 3 aromatic rings. The van der Waals surface area contributed by atoms with Crippen LogP contribution >= 0.6 is 0 Å². The lowest BCUT2D eigenvalue weighted by molar-refractivity contribution is 0.127. The summed E-state index contributed by atoms with van der Waals surface area (Å²) in [7, 11) is 0. The largest absolute Gasteiger partial charge is 0.489 e. The SMILES string of the molecule is c1ccc([C@H]2COc3ccccc3-c3ccccc3O2)cc1. The molecule has 0 fully saturated rings. The molecule has 0 spiro atoms. The monoisotopic (exact) mass is 288 g/mol. The molecule has 2 nitrogen and oxygen atoms in total. The molecule has 0 N–H and O–H groups in total. The van der Waals surface area contributed by atoms with Gasteiger partial charge in [-0.15, -0.1) is 0 Å². The third-order valence-electron chi connectivity index (χ3n) is 3.90. The zero-order chi connectivity index (χ0) is 14.8. The van der Waals surface area contributed by atoms with Crippen LogP contribution in [0, 0.1) is 0 Å². The van der Waals surface area contributed by atoms with Gasteiger partial charge in [-0.3, -0.25) is 0 Å². The summed E-state index contributed by atoms with van der Waals surface area (Å²) in [5.74, 6) is 1.80. The molecular formula is C20H16O2. The molecule has 0 unspecified atom stereocenters. The molecule has 0 aromatic heterocycles. The summed E-state index contributed by atoms with van der Waals surface area (Å²) in [6.45, 7) is 0.495. The normalized spacial score (nSPS) is 16.3. The Hall–Kier alpha value is -2.74. The number of ether oxygens (including phenoxy) is 2. The second-order valence-corrected chi connectivity index (χ2v) is 5.32. The van der Waals surface area contributed by atoms with Crippen molar-refractivity contribution in [3.05, 3.63) is 84.4 Å². The van der Waals surface area contributed by atoms with Crippen molar-refractivity contribution in [1.82, 2.24) is 0 Å². The average molecular weight is 288 g/mol. The number of hydrogen-bond acceptors (Lipinski definition) is 2.